The highest BCUT2D eigenvalue weighted by Crippen LogP contribution is 2.19. The topological polar surface area (TPSA) is 57.0 Å². The number of carbonyl (C=O) groups excluding carboxylic acids is 1. The number of rotatable bonds is 4. The summed E-state index contributed by atoms with van der Waals surface area (Å²) in [6.07, 6.45) is 1.51. The van der Waals surface area contributed by atoms with Gasteiger partial charge >= 0.3 is 5.97 Å². The third-order valence-corrected chi connectivity index (χ3v) is 2.28. The number of hydrogen-bond acceptors (Lipinski definition) is 4. The summed E-state index contributed by atoms with van der Waals surface area (Å²) in [5.74, 6) is -0.775. The van der Waals surface area contributed by atoms with Crippen LogP contribution in [0.5, 0.6) is 0 Å². The predicted octanol–water partition coefficient (Wildman–Crippen LogP) is 1.65. The zero-order valence-electron chi connectivity index (χ0n) is 9.84. The van der Waals surface area contributed by atoms with Crippen LogP contribution in [0.3, 0.4) is 0 Å². The lowest BCUT2D eigenvalue weighted by atomic mass is 10.1. The van der Waals surface area contributed by atoms with Crippen LogP contribution in [0.4, 0.5) is 4.39 Å². The van der Waals surface area contributed by atoms with Gasteiger partial charge in [0.2, 0.25) is 0 Å². The first kappa shape index (κ1) is 12.2. The van der Waals surface area contributed by atoms with Gasteiger partial charge in [-0.25, -0.2) is 9.07 Å². The Hall–Kier alpha value is -2.24. The van der Waals surface area contributed by atoms with Gasteiger partial charge in [-0.15, -0.1) is 5.10 Å². The summed E-state index contributed by atoms with van der Waals surface area (Å²) < 4.78 is 19.6. The summed E-state index contributed by atoms with van der Waals surface area (Å²) in [5.41, 5.74) is 0.741. The van der Waals surface area contributed by atoms with E-state index in [-0.39, 0.29) is 12.4 Å². The number of nitrogens with zero attached hydrogens (tertiary/aromatic N) is 3. The zero-order valence-corrected chi connectivity index (χ0v) is 9.84. The van der Waals surface area contributed by atoms with Crippen LogP contribution in [0.2, 0.25) is 0 Å². The van der Waals surface area contributed by atoms with E-state index >= 15 is 0 Å². The number of halogens is 1. The second kappa shape index (κ2) is 5.39. The molecule has 0 bridgehead atoms. The molecular formula is C12H12FN3O2. The molecule has 1 aromatic carbocycles. The summed E-state index contributed by atoms with van der Waals surface area (Å²) in [4.78, 5) is 11.2. The normalized spacial score (nSPS) is 10.3. The Kier molecular flexibility index (Phi) is 3.66. The molecule has 0 N–H and O–H groups in total. The van der Waals surface area contributed by atoms with Gasteiger partial charge in [-0.1, -0.05) is 17.3 Å². The molecule has 0 aliphatic carbocycles. The van der Waals surface area contributed by atoms with E-state index in [2.05, 4.69) is 10.3 Å². The summed E-state index contributed by atoms with van der Waals surface area (Å²) in [6.45, 7) is 2.01. The van der Waals surface area contributed by atoms with Gasteiger partial charge in [0.1, 0.15) is 18.1 Å². The van der Waals surface area contributed by atoms with Crippen molar-refractivity contribution in [1.29, 1.82) is 0 Å². The molecule has 0 unspecified atom stereocenters. The van der Waals surface area contributed by atoms with Gasteiger partial charge in [0.05, 0.1) is 12.8 Å². The second-order valence-corrected chi connectivity index (χ2v) is 3.59. The SMILES string of the molecule is CCOC(=O)Cn1cc(-c2ccccc2F)nn1. The molecular weight excluding hydrogens is 237 g/mol. The summed E-state index contributed by atoms with van der Waals surface area (Å²) in [6, 6.07) is 6.26. The van der Waals surface area contributed by atoms with Crippen LogP contribution in [0.15, 0.2) is 30.5 Å². The number of aromatic nitrogens is 3. The van der Waals surface area contributed by atoms with E-state index < -0.39 is 5.97 Å². The van der Waals surface area contributed by atoms with Gasteiger partial charge in [-0.3, -0.25) is 4.79 Å². The molecule has 18 heavy (non-hydrogen) atoms. The highest BCUT2D eigenvalue weighted by Gasteiger charge is 2.10. The first-order chi connectivity index (χ1) is 8.70. The Morgan fingerprint density at radius 1 is 1.44 bits per heavy atom. The molecule has 0 amide bonds. The maximum atomic E-state index is 13.5. The van der Waals surface area contributed by atoms with Crippen molar-refractivity contribution in [1.82, 2.24) is 15.0 Å². The maximum Gasteiger partial charge on any atom is 0.327 e. The number of benzene rings is 1. The first-order valence-electron chi connectivity index (χ1n) is 5.51. The van der Waals surface area contributed by atoms with Crippen molar-refractivity contribution in [3.8, 4) is 11.3 Å². The largest absolute Gasteiger partial charge is 0.465 e. The Labute approximate surface area is 103 Å². The van der Waals surface area contributed by atoms with Crippen molar-refractivity contribution in [2.75, 3.05) is 6.61 Å². The van der Waals surface area contributed by atoms with Gasteiger partial charge in [0.25, 0.3) is 0 Å². The molecule has 94 valence electrons. The van der Waals surface area contributed by atoms with Gasteiger partial charge in [0.15, 0.2) is 0 Å². The monoisotopic (exact) mass is 249 g/mol. The van der Waals surface area contributed by atoms with Crippen LogP contribution in [0.1, 0.15) is 6.92 Å². The molecule has 0 saturated heterocycles. The van der Waals surface area contributed by atoms with Crippen molar-refractivity contribution in [3.05, 3.63) is 36.3 Å². The van der Waals surface area contributed by atoms with Gasteiger partial charge in [0, 0.05) is 5.56 Å². The molecule has 2 aromatic rings. The van der Waals surface area contributed by atoms with Crippen molar-refractivity contribution >= 4 is 5.97 Å². The Morgan fingerprint density at radius 3 is 2.94 bits per heavy atom. The number of carbonyl (C=O) groups is 1. The van der Waals surface area contributed by atoms with Crippen molar-refractivity contribution in [3.63, 3.8) is 0 Å². The maximum absolute atomic E-state index is 13.5. The minimum Gasteiger partial charge on any atom is -0.465 e. The van der Waals surface area contributed by atoms with E-state index in [1.165, 1.54) is 16.9 Å². The van der Waals surface area contributed by atoms with Gasteiger partial charge in [-0.2, -0.15) is 0 Å². The van der Waals surface area contributed by atoms with E-state index in [0.29, 0.717) is 17.9 Å². The van der Waals surface area contributed by atoms with E-state index in [4.69, 9.17) is 4.74 Å². The lowest BCUT2D eigenvalue weighted by molar-refractivity contribution is -0.144. The highest BCUT2D eigenvalue weighted by molar-refractivity contribution is 5.69. The minimum atomic E-state index is -0.400. The van der Waals surface area contributed by atoms with E-state index in [1.54, 1.807) is 25.1 Å². The fourth-order valence-corrected chi connectivity index (χ4v) is 1.51. The molecule has 0 radical (unpaired) electrons. The molecule has 0 saturated carbocycles. The molecule has 1 aromatic heterocycles. The van der Waals surface area contributed by atoms with E-state index in [1.807, 2.05) is 0 Å². The third-order valence-electron chi connectivity index (χ3n) is 2.28. The average molecular weight is 249 g/mol. The van der Waals surface area contributed by atoms with E-state index in [0.717, 1.165) is 0 Å². The fraction of sp³-hybridized carbons (Fsp3) is 0.250. The van der Waals surface area contributed by atoms with Crippen LogP contribution >= 0.6 is 0 Å². The van der Waals surface area contributed by atoms with E-state index in [9.17, 15) is 9.18 Å². The molecule has 0 aliphatic rings. The Bertz CT molecular complexity index is 554. The molecule has 6 heteroatoms. The summed E-state index contributed by atoms with van der Waals surface area (Å²) >= 11 is 0. The molecule has 2 rings (SSSR count). The molecule has 0 fully saturated rings. The highest BCUT2D eigenvalue weighted by atomic mass is 19.1. The third kappa shape index (κ3) is 2.71. The summed E-state index contributed by atoms with van der Waals surface area (Å²) in [5, 5.41) is 7.58. The zero-order chi connectivity index (χ0) is 13.0. The van der Waals surface area contributed by atoms with Crippen molar-refractivity contribution in [2.45, 2.75) is 13.5 Å². The molecule has 1 heterocycles. The minimum absolute atomic E-state index is 0.0324. The lowest BCUT2D eigenvalue weighted by Gasteiger charge is -2.00. The van der Waals surface area contributed by atoms with Crippen LogP contribution in [0, 0.1) is 5.82 Å². The smallest absolute Gasteiger partial charge is 0.327 e. The molecule has 0 aliphatic heterocycles. The fourth-order valence-electron chi connectivity index (χ4n) is 1.51. The molecule has 0 atom stereocenters. The van der Waals surface area contributed by atoms with Crippen LogP contribution in [-0.4, -0.2) is 27.6 Å². The predicted molar refractivity (Wildman–Crippen MR) is 62.0 cm³/mol. The van der Waals surface area contributed by atoms with Crippen LogP contribution in [-0.2, 0) is 16.1 Å². The molecule has 5 nitrogen and oxygen atoms in total. The quantitative estimate of drug-likeness (QED) is 0.773. The van der Waals surface area contributed by atoms with Crippen molar-refractivity contribution < 1.29 is 13.9 Å². The number of esters is 1. The number of hydrogen-bond donors (Lipinski definition) is 0. The van der Waals surface area contributed by atoms with Crippen molar-refractivity contribution in [2.24, 2.45) is 0 Å². The first-order valence-corrected chi connectivity index (χ1v) is 5.51. The number of ether oxygens (including phenoxy) is 1. The average Bonchev–Trinajstić information content (AvgIpc) is 2.78. The lowest BCUT2D eigenvalue weighted by Crippen LogP contribution is -2.13. The van der Waals surface area contributed by atoms with Crippen LogP contribution in [0.25, 0.3) is 11.3 Å². The second-order valence-electron chi connectivity index (χ2n) is 3.59. The van der Waals surface area contributed by atoms with Gasteiger partial charge < -0.3 is 4.74 Å². The van der Waals surface area contributed by atoms with Gasteiger partial charge in [-0.05, 0) is 19.1 Å². The Balaban J connectivity index is 2.16. The van der Waals surface area contributed by atoms with Crippen LogP contribution < -0.4 is 0 Å². The molecule has 0 spiro atoms. The summed E-state index contributed by atoms with van der Waals surface area (Å²) in [7, 11) is 0. The Morgan fingerprint density at radius 2 is 2.22 bits per heavy atom. The standard InChI is InChI=1S/C12H12FN3O2/c1-2-18-12(17)8-16-7-11(14-15-16)9-5-3-4-6-10(9)13/h3-7H,2,8H2,1H3.